The van der Waals surface area contributed by atoms with Crippen LogP contribution in [0, 0.1) is 0 Å². The molecule has 1 aromatic carbocycles. The molecule has 0 aliphatic rings. The topological polar surface area (TPSA) is 48.6 Å². The van der Waals surface area contributed by atoms with Crippen LogP contribution < -0.4 is 5.69 Å². The highest BCUT2D eigenvalue weighted by molar-refractivity contribution is 9.10. The number of imidazole rings is 1. The number of rotatable bonds is 0. The smallest absolute Gasteiger partial charge is 0.306 e. The molecule has 12 heavy (non-hydrogen) atoms. The summed E-state index contributed by atoms with van der Waals surface area (Å²) in [5.74, 6) is 0. The van der Waals surface area contributed by atoms with E-state index in [1.54, 1.807) is 12.1 Å². The molecule has 1 heterocycles. The third-order valence-electron chi connectivity index (χ3n) is 1.54. The second kappa shape index (κ2) is 2.64. The van der Waals surface area contributed by atoms with E-state index in [0.29, 0.717) is 10.5 Å². The molecule has 0 radical (unpaired) electrons. The average Bonchev–Trinajstić information content (AvgIpc) is 2.29. The first-order valence-corrected chi connectivity index (χ1v) is 4.41. The molecule has 0 spiro atoms. The van der Waals surface area contributed by atoms with E-state index in [4.69, 9.17) is 11.6 Å². The number of benzene rings is 1. The number of halogens is 2. The maximum atomic E-state index is 10.9. The molecule has 3 nitrogen and oxygen atoms in total. The monoisotopic (exact) mass is 246 g/mol. The first-order chi connectivity index (χ1) is 5.66. The van der Waals surface area contributed by atoms with Gasteiger partial charge in [0.1, 0.15) is 0 Å². The van der Waals surface area contributed by atoms with Gasteiger partial charge in [-0.15, -0.1) is 0 Å². The number of hydrogen-bond donors (Lipinski definition) is 2. The first kappa shape index (κ1) is 7.89. The summed E-state index contributed by atoms with van der Waals surface area (Å²) < 4.78 is 0.781. The van der Waals surface area contributed by atoms with Crippen LogP contribution in [0.3, 0.4) is 0 Å². The third kappa shape index (κ3) is 1.17. The zero-order valence-corrected chi connectivity index (χ0v) is 8.16. The molecule has 0 amide bonds. The maximum absolute atomic E-state index is 10.9. The lowest BCUT2D eigenvalue weighted by atomic mass is 10.3. The number of nitrogens with one attached hydrogen (secondary N) is 2. The minimum Gasteiger partial charge on any atom is -0.306 e. The van der Waals surface area contributed by atoms with E-state index in [2.05, 4.69) is 25.9 Å². The molecule has 0 aliphatic heterocycles. The van der Waals surface area contributed by atoms with Gasteiger partial charge in [0, 0.05) is 9.50 Å². The van der Waals surface area contributed by atoms with Crippen LogP contribution in [0.4, 0.5) is 0 Å². The fourth-order valence-corrected chi connectivity index (χ4v) is 1.98. The van der Waals surface area contributed by atoms with Gasteiger partial charge in [0.25, 0.3) is 0 Å². The highest BCUT2D eigenvalue weighted by Crippen LogP contribution is 2.24. The molecule has 2 rings (SSSR count). The van der Waals surface area contributed by atoms with E-state index in [0.717, 1.165) is 9.99 Å². The van der Waals surface area contributed by atoms with Crippen LogP contribution in [0.2, 0.25) is 5.02 Å². The van der Waals surface area contributed by atoms with Gasteiger partial charge < -0.3 is 9.97 Å². The predicted octanol–water partition coefficient (Wildman–Crippen LogP) is 2.27. The Hall–Kier alpha value is -0.740. The quantitative estimate of drug-likeness (QED) is 0.737. The van der Waals surface area contributed by atoms with Crippen LogP contribution in [-0.2, 0) is 0 Å². The summed E-state index contributed by atoms with van der Waals surface area (Å²) in [6.45, 7) is 0. The van der Waals surface area contributed by atoms with Crippen LogP contribution >= 0.6 is 27.5 Å². The second-order valence-electron chi connectivity index (χ2n) is 2.39. The number of aromatic nitrogens is 2. The summed E-state index contributed by atoms with van der Waals surface area (Å²) in [7, 11) is 0. The van der Waals surface area contributed by atoms with Gasteiger partial charge in [-0.3, -0.25) is 0 Å². The van der Waals surface area contributed by atoms with Crippen molar-refractivity contribution in [2.75, 3.05) is 0 Å². The van der Waals surface area contributed by atoms with E-state index < -0.39 is 0 Å². The molecule has 0 fully saturated rings. The standard InChI is InChI=1S/C7H4BrClN2O/c8-4-1-3(9)2-5-6(4)11-7(12)10-5/h1-2H,(H2,10,11,12). The van der Waals surface area contributed by atoms with E-state index in [1.807, 2.05) is 0 Å². The summed E-state index contributed by atoms with van der Waals surface area (Å²) in [5, 5.41) is 0.588. The van der Waals surface area contributed by atoms with E-state index in [-0.39, 0.29) is 5.69 Å². The Morgan fingerprint density at radius 1 is 1.33 bits per heavy atom. The van der Waals surface area contributed by atoms with Crippen LogP contribution in [0.1, 0.15) is 0 Å². The van der Waals surface area contributed by atoms with Crippen molar-refractivity contribution in [3.63, 3.8) is 0 Å². The summed E-state index contributed by atoms with van der Waals surface area (Å²) in [5.41, 5.74) is 1.22. The SMILES string of the molecule is O=c1[nH]c2cc(Cl)cc(Br)c2[nH]1. The molecule has 0 bridgehead atoms. The van der Waals surface area contributed by atoms with Gasteiger partial charge in [-0.25, -0.2) is 4.79 Å². The Labute approximate surface area is 80.9 Å². The Bertz CT molecular complexity index is 488. The Morgan fingerprint density at radius 2 is 2.08 bits per heavy atom. The van der Waals surface area contributed by atoms with Gasteiger partial charge in [-0.1, -0.05) is 11.6 Å². The molecule has 0 aliphatic carbocycles. The van der Waals surface area contributed by atoms with Crippen molar-refractivity contribution < 1.29 is 0 Å². The zero-order valence-electron chi connectivity index (χ0n) is 5.82. The lowest BCUT2D eigenvalue weighted by Crippen LogP contribution is -1.99. The van der Waals surface area contributed by atoms with Gasteiger partial charge in [0.05, 0.1) is 11.0 Å². The fourth-order valence-electron chi connectivity index (χ4n) is 1.07. The van der Waals surface area contributed by atoms with Crippen molar-refractivity contribution in [3.8, 4) is 0 Å². The number of H-pyrrole nitrogens is 2. The second-order valence-corrected chi connectivity index (χ2v) is 3.68. The Balaban J connectivity index is 2.97. The zero-order chi connectivity index (χ0) is 8.72. The van der Waals surface area contributed by atoms with Crippen LogP contribution in [0.15, 0.2) is 21.4 Å². The Morgan fingerprint density at radius 3 is 2.83 bits per heavy atom. The van der Waals surface area contributed by atoms with Crippen molar-refractivity contribution >= 4 is 38.6 Å². The predicted molar refractivity (Wildman–Crippen MR) is 51.6 cm³/mol. The maximum Gasteiger partial charge on any atom is 0.323 e. The minimum atomic E-state index is -0.229. The Kier molecular flexibility index (Phi) is 1.73. The average molecular weight is 247 g/mol. The number of hydrogen-bond acceptors (Lipinski definition) is 1. The summed E-state index contributed by atoms with van der Waals surface area (Å²) in [6.07, 6.45) is 0. The molecule has 1 aromatic heterocycles. The van der Waals surface area contributed by atoms with E-state index in [9.17, 15) is 4.79 Å². The number of fused-ring (bicyclic) bond motifs is 1. The molecular weight excluding hydrogens is 243 g/mol. The summed E-state index contributed by atoms with van der Waals surface area (Å²) >= 11 is 9.05. The van der Waals surface area contributed by atoms with E-state index >= 15 is 0 Å². The molecule has 62 valence electrons. The summed E-state index contributed by atoms with van der Waals surface area (Å²) in [4.78, 5) is 16.1. The van der Waals surface area contributed by atoms with Gasteiger partial charge in [-0.2, -0.15) is 0 Å². The lowest BCUT2D eigenvalue weighted by molar-refractivity contribution is 1.21. The molecule has 2 N–H and O–H groups in total. The highest BCUT2D eigenvalue weighted by Gasteiger charge is 2.03. The summed E-state index contributed by atoms with van der Waals surface area (Å²) in [6, 6.07) is 3.42. The van der Waals surface area contributed by atoms with Crippen molar-refractivity contribution in [3.05, 3.63) is 32.1 Å². The largest absolute Gasteiger partial charge is 0.323 e. The fraction of sp³-hybridized carbons (Fsp3) is 0. The molecule has 0 atom stereocenters. The van der Waals surface area contributed by atoms with Crippen molar-refractivity contribution in [2.24, 2.45) is 0 Å². The van der Waals surface area contributed by atoms with Crippen LogP contribution in [0.25, 0.3) is 11.0 Å². The van der Waals surface area contributed by atoms with E-state index in [1.165, 1.54) is 0 Å². The molecule has 5 heteroatoms. The van der Waals surface area contributed by atoms with Crippen molar-refractivity contribution in [2.45, 2.75) is 0 Å². The van der Waals surface area contributed by atoms with Gasteiger partial charge in [-0.05, 0) is 28.1 Å². The van der Waals surface area contributed by atoms with Gasteiger partial charge >= 0.3 is 5.69 Å². The third-order valence-corrected chi connectivity index (χ3v) is 2.39. The molecule has 0 saturated carbocycles. The van der Waals surface area contributed by atoms with Crippen molar-refractivity contribution in [1.82, 2.24) is 9.97 Å². The van der Waals surface area contributed by atoms with Crippen LogP contribution in [0.5, 0.6) is 0 Å². The first-order valence-electron chi connectivity index (χ1n) is 3.24. The molecule has 0 unspecified atom stereocenters. The highest BCUT2D eigenvalue weighted by atomic mass is 79.9. The van der Waals surface area contributed by atoms with Crippen molar-refractivity contribution in [1.29, 1.82) is 0 Å². The number of aromatic amines is 2. The lowest BCUT2D eigenvalue weighted by Gasteiger charge is -1.93. The van der Waals surface area contributed by atoms with Gasteiger partial charge in [0.15, 0.2) is 0 Å². The molecular formula is C7H4BrClN2O. The van der Waals surface area contributed by atoms with Gasteiger partial charge in [0.2, 0.25) is 0 Å². The minimum absolute atomic E-state index is 0.229. The molecule has 2 aromatic rings. The molecule has 0 saturated heterocycles. The van der Waals surface area contributed by atoms with Crippen LogP contribution in [-0.4, -0.2) is 9.97 Å². The normalized spacial score (nSPS) is 10.8.